The molecule has 20 heavy (non-hydrogen) atoms. The van der Waals surface area contributed by atoms with E-state index in [1.165, 1.54) is 0 Å². The third-order valence-electron chi connectivity index (χ3n) is 2.62. The number of hydrogen-bond donors (Lipinski definition) is 2. The fourth-order valence-electron chi connectivity index (χ4n) is 1.59. The standard InChI is InChI=1S/C12H21ClN4O2S/c1-4-6-10-16-11(13)9(2)12(17-10)14-7-5-8-15-20(3,18)19/h15H,4-8H2,1-3H3,(H,14,16,17). The first kappa shape index (κ1) is 17.1. The van der Waals surface area contributed by atoms with Gasteiger partial charge in [0, 0.05) is 25.1 Å². The summed E-state index contributed by atoms with van der Waals surface area (Å²) < 4.78 is 24.3. The van der Waals surface area contributed by atoms with Gasteiger partial charge in [0.2, 0.25) is 10.0 Å². The van der Waals surface area contributed by atoms with Gasteiger partial charge in [-0.3, -0.25) is 0 Å². The molecule has 0 aromatic carbocycles. The molecule has 0 saturated carbocycles. The molecule has 114 valence electrons. The number of rotatable bonds is 8. The average Bonchev–Trinajstić information content (AvgIpc) is 2.33. The van der Waals surface area contributed by atoms with Gasteiger partial charge in [0.05, 0.1) is 6.26 Å². The molecule has 0 unspecified atom stereocenters. The Morgan fingerprint density at radius 2 is 1.95 bits per heavy atom. The molecule has 1 rings (SSSR count). The van der Waals surface area contributed by atoms with Crippen molar-refractivity contribution in [1.29, 1.82) is 0 Å². The number of anilines is 1. The zero-order valence-electron chi connectivity index (χ0n) is 12.0. The van der Waals surface area contributed by atoms with Gasteiger partial charge >= 0.3 is 0 Å². The van der Waals surface area contributed by atoms with E-state index in [1.807, 2.05) is 6.92 Å². The Hall–Kier alpha value is -0.920. The normalized spacial score (nSPS) is 11.6. The van der Waals surface area contributed by atoms with Gasteiger partial charge in [-0.25, -0.2) is 23.1 Å². The smallest absolute Gasteiger partial charge is 0.208 e. The van der Waals surface area contributed by atoms with Crippen LogP contribution in [0, 0.1) is 6.92 Å². The summed E-state index contributed by atoms with van der Waals surface area (Å²) in [6.07, 6.45) is 3.55. The third kappa shape index (κ3) is 6.02. The van der Waals surface area contributed by atoms with Crippen molar-refractivity contribution in [3.8, 4) is 0 Å². The highest BCUT2D eigenvalue weighted by Crippen LogP contribution is 2.20. The van der Waals surface area contributed by atoms with Crippen LogP contribution in [0.1, 0.15) is 31.2 Å². The highest BCUT2D eigenvalue weighted by Gasteiger charge is 2.08. The lowest BCUT2D eigenvalue weighted by atomic mass is 10.3. The lowest BCUT2D eigenvalue weighted by Crippen LogP contribution is -2.24. The highest BCUT2D eigenvalue weighted by atomic mass is 35.5. The number of nitrogens with one attached hydrogen (secondary N) is 2. The predicted molar refractivity (Wildman–Crippen MR) is 81.7 cm³/mol. The first-order chi connectivity index (χ1) is 9.33. The van der Waals surface area contributed by atoms with E-state index < -0.39 is 10.0 Å². The van der Waals surface area contributed by atoms with E-state index in [2.05, 4.69) is 26.9 Å². The summed E-state index contributed by atoms with van der Waals surface area (Å²) in [4.78, 5) is 8.65. The molecule has 1 heterocycles. The van der Waals surface area contributed by atoms with Crippen molar-refractivity contribution in [2.24, 2.45) is 0 Å². The molecule has 0 saturated heterocycles. The minimum Gasteiger partial charge on any atom is -0.370 e. The Morgan fingerprint density at radius 3 is 2.55 bits per heavy atom. The Labute approximate surface area is 125 Å². The monoisotopic (exact) mass is 320 g/mol. The molecule has 6 nitrogen and oxygen atoms in total. The molecular weight excluding hydrogens is 300 g/mol. The van der Waals surface area contributed by atoms with E-state index in [-0.39, 0.29) is 0 Å². The summed E-state index contributed by atoms with van der Waals surface area (Å²) in [5, 5.41) is 3.63. The van der Waals surface area contributed by atoms with E-state index in [4.69, 9.17) is 11.6 Å². The molecule has 1 aromatic heterocycles. The third-order valence-corrected chi connectivity index (χ3v) is 3.71. The van der Waals surface area contributed by atoms with E-state index in [0.29, 0.717) is 30.5 Å². The number of sulfonamides is 1. The summed E-state index contributed by atoms with van der Waals surface area (Å²) >= 11 is 6.07. The van der Waals surface area contributed by atoms with Crippen molar-refractivity contribution < 1.29 is 8.42 Å². The maximum absolute atomic E-state index is 10.9. The molecule has 0 radical (unpaired) electrons. The average molecular weight is 321 g/mol. The zero-order valence-corrected chi connectivity index (χ0v) is 13.6. The van der Waals surface area contributed by atoms with Crippen LogP contribution in [-0.4, -0.2) is 37.7 Å². The quantitative estimate of drug-likeness (QED) is 0.563. The number of nitrogens with zero attached hydrogens (tertiary/aromatic N) is 2. The minimum absolute atomic E-state index is 0.394. The predicted octanol–water partition coefficient (Wildman–Crippen LogP) is 1.74. The summed E-state index contributed by atoms with van der Waals surface area (Å²) in [6, 6.07) is 0. The molecule has 0 bridgehead atoms. The van der Waals surface area contributed by atoms with Crippen LogP contribution in [0.3, 0.4) is 0 Å². The lowest BCUT2D eigenvalue weighted by Gasteiger charge is -2.11. The molecule has 2 N–H and O–H groups in total. The molecule has 1 aromatic rings. The maximum Gasteiger partial charge on any atom is 0.208 e. The van der Waals surface area contributed by atoms with Crippen LogP contribution in [0.25, 0.3) is 0 Å². The molecule has 0 aliphatic heterocycles. The zero-order chi connectivity index (χ0) is 15.2. The Kier molecular flexibility index (Phi) is 6.64. The van der Waals surface area contributed by atoms with Gasteiger partial charge in [-0.15, -0.1) is 0 Å². The molecule has 8 heteroatoms. The van der Waals surface area contributed by atoms with Crippen LogP contribution in [0.15, 0.2) is 0 Å². The first-order valence-corrected chi connectivity index (χ1v) is 8.82. The SMILES string of the molecule is CCCc1nc(Cl)c(C)c(NCCCNS(C)(=O)=O)n1. The van der Waals surface area contributed by atoms with Crippen molar-refractivity contribution in [2.45, 2.75) is 33.1 Å². The number of aromatic nitrogens is 2. The summed E-state index contributed by atoms with van der Waals surface area (Å²) in [5.74, 6) is 1.44. The number of hydrogen-bond acceptors (Lipinski definition) is 5. The van der Waals surface area contributed by atoms with E-state index in [9.17, 15) is 8.42 Å². The molecule has 0 fully saturated rings. The highest BCUT2D eigenvalue weighted by molar-refractivity contribution is 7.88. The van der Waals surface area contributed by atoms with E-state index in [0.717, 1.165) is 30.5 Å². The van der Waals surface area contributed by atoms with E-state index in [1.54, 1.807) is 0 Å². The second-order valence-corrected chi connectivity index (χ2v) is 6.79. The molecule has 0 aliphatic carbocycles. The Morgan fingerprint density at radius 1 is 1.25 bits per heavy atom. The minimum atomic E-state index is -3.12. The van der Waals surface area contributed by atoms with Gasteiger partial charge in [0.1, 0.15) is 16.8 Å². The van der Waals surface area contributed by atoms with Crippen LogP contribution < -0.4 is 10.0 Å². The largest absolute Gasteiger partial charge is 0.370 e. The van der Waals surface area contributed by atoms with Gasteiger partial charge in [0.15, 0.2) is 0 Å². The van der Waals surface area contributed by atoms with Crippen molar-refractivity contribution in [1.82, 2.24) is 14.7 Å². The van der Waals surface area contributed by atoms with E-state index >= 15 is 0 Å². The summed E-state index contributed by atoms with van der Waals surface area (Å²) in [5.41, 5.74) is 0.808. The fraction of sp³-hybridized carbons (Fsp3) is 0.667. The van der Waals surface area contributed by atoms with Crippen LogP contribution in [0.5, 0.6) is 0 Å². The second kappa shape index (κ2) is 7.75. The molecule has 0 atom stereocenters. The summed E-state index contributed by atoms with van der Waals surface area (Å²) in [6.45, 7) is 4.92. The molecule has 0 spiro atoms. The van der Waals surface area contributed by atoms with Gasteiger partial charge in [-0.2, -0.15) is 0 Å². The van der Waals surface area contributed by atoms with Crippen LogP contribution in [0.2, 0.25) is 5.15 Å². The van der Waals surface area contributed by atoms with Crippen molar-refractivity contribution >= 4 is 27.4 Å². The topological polar surface area (TPSA) is 84.0 Å². The lowest BCUT2D eigenvalue weighted by molar-refractivity contribution is 0.586. The fourth-order valence-corrected chi connectivity index (χ4v) is 2.30. The summed E-state index contributed by atoms with van der Waals surface area (Å²) in [7, 11) is -3.12. The van der Waals surface area contributed by atoms with Crippen LogP contribution in [0.4, 0.5) is 5.82 Å². The number of halogens is 1. The molecule has 0 amide bonds. The van der Waals surface area contributed by atoms with Gasteiger partial charge in [-0.1, -0.05) is 18.5 Å². The molecular formula is C12H21ClN4O2S. The van der Waals surface area contributed by atoms with Gasteiger partial charge in [-0.05, 0) is 19.8 Å². The number of aryl methyl sites for hydroxylation is 1. The molecule has 0 aliphatic rings. The second-order valence-electron chi connectivity index (χ2n) is 4.60. The Balaban J connectivity index is 2.54. The van der Waals surface area contributed by atoms with Crippen LogP contribution >= 0.6 is 11.6 Å². The van der Waals surface area contributed by atoms with Crippen LogP contribution in [-0.2, 0) is 16.4 Å². The van der Waals surface area contributed by atoms with Gasteiger partial charge < -0.3 is 5.32 Å². The van der Waals surface area contributed by atoms with Crippen molar-refractivity contribution in [3.05, 3.63) is 16.5 Å². The first-order valence-electron chi connectivity index (χ1n) is 6.55. The Bertz CT molecular complexity index is 549. The van der Waals surface area contributed by atoms with Gasteiger partial charge in [0.25, 0.3) is 0 Å². The van der Waals surface area contributed by atoms with Crippen molar-refractivity contribution in [3.63, 3.8) is 0 Å². The van der Waals surface area contributed by atoms with Crippen molar-refractivity contribution in [2.75, 3.05) is 24.7 Å². The maximum atomic E-state index is 10.9.